The molecule has 0 rings (SSSR count). The Morgan fingerprint density at radius 2 is 2.22 bits per heavy atom. The van der Waals surface area contributed by atoms with Gasteiger partial charge in [0.05, 0.1) is 6.61 Å². The van der Waals surface area contributed by atoms with E-state index in [1.807, 2.05) is 11.8 Å². The predicted octanol–water partition coefficient (Wildman–Crippen LogP) is 2.34. The van der Waals surface area contributed by atoms with Gasteiger partial charge in [0.15, 0.2) is 0 Å². The summed E-state index contributed by atoms with van der Waals surface area (Å²) in [5.41, 5.74) is 0. The lowest BCUT2D eigenvalue weighted by atomic mass is 10.4. The van der Waals surface area contributed by atoms with Gasteiger partial charge < -0.3 is 0 Å². The summed E-state index contributed by atoms with van der Waals surface area (Å²) < 4.78 is 0. The van der Waals surface area contributed by atoms with Gasteiger partial charge in [0, 0.05) is 5.25 Å². The standard InChI is InChI=1S/C7H15OS/c1-3-7(2)9-6-4-5-8/h7H,3-6H2,1-2H3. The summed E-state index contributed by atoms with van der Waals surface area (Å²) in [5, 5.41) is 10.7. The van der Waals surface area contributed by atoms with Crippen molar-refractivity contribution in [3.05, 3.63) is 0 Å². The molecule has 0 aliphatic carbocycles. The fourth-order valence-corrected chi connectivity index (χ4v) is 1.38. The Balaban J connectivity index is 2.88. The molecule has 0 aromatic carbocycles. The first-order chi connectivity index (χ1) is 4.31. The Morgan fingerprint density at radius 1 is 1.56 bits per heavy atom. The highest BCUT2D eigenvalue weighted by atomic mass is 32.2. The fraction of sp³-hybridized carbons (Fsp3) is 1.00. The molecule has 0 saturated heterocycles. The third-order valence-corrected chi connectivity index (χ3v) is 2.69. The van der Waals surface area contributed by atoms with Crippen LogP contribution in [0.15, 0.2) is 0 Å². The topological polar surface area (TPSA) is 19.9 Å². The van der Waals surface area contributed by atoms with Gasteiger partial charge in [-0.05, 0) is 18.6 Å². The van der Waals surface area contributed by atoms with Gasteiger partial charge in [-0.3, -0.25) is 0 Å². The molecule has 0 amide bonds. The summed E-state index contributed by atoms with van der Waals surface area (Å²) >= 11 is 1.90. The van der Waals surface area contributed by atoms with Crippen molar-refractivity contribution in [1.82, 2.24) is 0 Å². The molecule has 0 fully saturated rings. The van der Waals surface area contributed by atoms with E-state index in [9.17, 15) is 5.11 Å². The molecule has 0 aromatic heterocycles. The molecule has 0 bridgehead atoms. The first-order valence-electron chi connectivity index (χ1n) is 3.51. The Kier molecular flexibility index (Phi) is 6.65. The summed E-state index contributed by atoms with van der Waals surface area (Å²) in [7, 11) is 0. The van der Waals surface area contributed by atoms with E-state index in [2.05, 4.69) is 13.8 Å². The second kappa shape index (κ2) is 6.43. The molecule has 0 aliphatic heterocycles. The van der Waals surface area contributed by atoms with Crippen LogP contribution in [0.5, 0.6) is 0 Å². The molecule has 0 spiro atoms. The SMILES string of the molecule is CCC(C)SCCC[O]. The van der Waals surface area contributed by atoms with E-state index in [-0.39, 0.29) is 6.61 Å². The Morgan fingerprint density at radius 3 is 2.67 bits per heavy atom. The summed E-state index contributed by atoms with van der Waals surface area (Å²) in [6.07, 6.45) is 2.04. The second-order valence-electron chi connectivity index (χ2n) is 2.15. The fourth-order valence-electron chi connectivity index (χ4n) is 0.461. The number of thioether (sulfide) groups is 1. The van der Waals surface area contributed by atoms with E-state index in [4.69, 9.17) is 0 Å². The third kappa shape index (κ3) is 6.19. The second-order valence-corrected chi connectivity index (χ2v) is 3.69. The quantitative estimate of drug-likeness (QED) is 0.546. The molecule has 0 N–H and O–H groups in total. The molecule has 2 heteroatoms. The molecule has 0 saturated carbocycles. The van der Waals surface area contributed by atoms with Crippen molar-refractivity contribution < 1.29 is 5.11 Å². The van der Waals surface area contributed by atoms with Gasteiger partial charge in [0.1, 0.15) is 0 Å². The maximum Gasteiger partial charge on any atom is 0.0830 e. The van der Waals surface area contributed by atoms with E-state index in [1.54, 1.807) is 0 Å². The highest BCUT2D eigenvalue weighted by molar-refractivity contribution is 7.99. The van der Waals surface area contributed by atoms with Crippen LogP contribution < -0.4 is 0 Å². The van der Waals surface area contributed by atoms with Crippen LogP contribution in [0, 0.1) is 0 Å². The van der Waals surface area contributed by atoms with Crippen LogP contribution in [0.1, 0.15) is 26.7 Å². The molecule has 1 atom stereocenters. The molecule has 1 nitrogen and oxygen atoms in total. The third-order valence-electron chi connectivity index (χ3n) is 1.27. The van der Waals surface area contributed by atoms with E-state index >= 15 is 0 Å². The Hall–Kier alpha value is 0.310. The molecule has 0 aliphatic rings. The zero-order valence-corrected chi connectivity index (χ0v) is 7.04. The van der Waals surface area contributed by atoms with Crippen LogP contribution in [0.25, 0.3) is 0 Å². The lowest BCUT2D eigenvalue weighted by Crippen LogP contribution is -1.95. The highest BCUT2D eigenvalue weighted by Crippen LogP contribution is 2.13. The highest BCUT2D eigenvalue weighted by Gasteiger charge is 1.96. The summed E-state index contributed by atoms with van der Waals surface area (Å²) in [6.45, 7) is 4.47. The van der Waals surface area contributed by atoms with Gasteiger partial charge in [0.2, 0.25) is 0 Å². The van der Waals surface area contributed by atoms with E-state index in [0.29, 0.717) is 0 Å². The Labute approximate surface area is 61.8 Å². The minimum atomic E-state index is 0.0867. The number of hydrogen-bond acceptors (Lipinski definition) is 1. The summed E-state index contributed by atoms with van der Waals surface area (Å²) in [4.78, 5) is 0. The minimum Gasteiger partial charge on any atom is -0.237 e. The van der Waals surface area contributed by atoms with Gasteiger partial charge in [-0.1, -0.05) is 13.8 Å². The minimum absolute atomic E-state index is 0.0867. The first-order valence-corrected chi connectivity index (χ1v) is 4.55. The molecule has 0 aromatic rings. The van der Waals surface area contributed by atoms with Crippen LogP contribution in [-0.4, -0.2) is 17.6 Å². The first kappa shape index (κ1) is 9.31. The average molecular weight is 147 g/mol. The summed E-state index contributed by atoms with van der Waals surface area (Å²) in [5.74, 6) is 1.04. The molecule has 1 radical (unpaired) electrons. The maximum atomic E-state index is 9.99. The number of hydrogen-bond donors (Lipinski definition) is 0. The van der Waals surface area contributed by atoms with Crippen molar-refractivity contribution in [2.45, 2.75) is 31.9 Å². The van der Waals surface area contributed by atoms with Crippen molar-refractivity contribution >= 4 is 11.8 Å². The summed E-state index contributed by atoms with van der Waals surface area (Å²) in [6, 6.07) is 0. The van der Waals surface area contributed by atoms with E-state index in [0.717, 1.165) is 17.4 Å². The van der Waals surface area contributed by atoms with Crippen LogP contribution in [0.3, 0.4) is 0 Å². The lowest BCUT2D eigenvalue weighted by Gasteiger charge is -2.05. The Bertz CT molecular complexity index is 56.9. The van der Waals surface area contributed by atoms with Gasteiger partial charge in [-0.25, -0.2) is 5.11 Å². The molecular formula is C7H15OS. The van der Waals surface area contributed by atoms with Crippen molar-refractivity contribution in [2.24, 2.45) is 0 Å². The van der Waals surface area contributed by atoms with E-state index in [1.165, 1.54) is 6.42 Å². The van der Waals surface area contributed by atoms with Crippen molar-refractivity contribution in [3.63, 3.8) is 0 Å². The molecule has 0 heterocycles. The van der Waals surface area contributed by atoms with Crippen LogP contribution >= 0.6 is 11.8 Å². The van der Waals surface area contributed by atoms with Gasteiger partial charge in [-0.2, -0.15) is 11.8 Å². The van der Waals surface area contributed by atoms with E-state index < -0.39 is 0 Å². The molecular weight excluding hydrogens is 132 g/mol. The normalized spacial score (nSPS) is 13.7. The molecule has 9 heavy (non-hydrogen) atoms. The van der Waals surface area contributed by atoms with Crippen LogP contribution in [0.2, 0.25) is 0 Å². The molecule has 55 valence electrons. The van der Waals surface area contributed by atoms with Crippen LogP contribution in [0.4, 0.5) is 0 Å². The zero-order chi connectivity index (χ0) is 7.11. The molecule has 1 unspecified atom stereocenters. The average Bonchev–Trinajstić information content (AvgIpc) is 1.89. The van der Waals surface area contributed by atoms with Crippen molar-refractivity contribution in [2.75, 3.05) is 12.4 Å². The van der Waals surface area contributed by atoms with Crippen molar-refractivity contribution in [1.29, 1.82) is 0 Å². The van der Waals surface area contributed by atoms with Gasteiger partial charge >= 0.3 is 0 Å². The lowest BCUT2D eigenvalue weighted by molar-refractivity contribution is 0.194. The van der Waals surface area contributed by atoms with Gasteiger partial charge in [-0.15, -0.1) is 0 Å². The van der Waals surface area contributed by atoms with Crippen LogP contribution in [-0.2, 0) is 5.11 Å². The largest absolute Gasteiger partial charge is 0.237 e. The monoisotopic (exact) mass is 147 g/mol. The predicted molar refractivity (Wildman–Crippen MR) is 42.4 cm³/mol. The number of rotatable bonds is 5. The van der Waals surface area contributed by atoms with Gasteiger partial charge in [0.25, 0.3) is 0 Å². The zero-order valence-electron chi connectivity index (χ0n) is 6.22. The maximum absolute atomic E-state index is 9.99. The van der Waals surface area contributed by atoms with Crippen molar-refractivity contribution in [3.8, 4) is 0 Å². The smallest absolute Gasteiger partial charge is 0.0830 e.